The molecule has 9 aromatic carbocycles. The highest BCUT2D eigenvalue weighted by Gasteiger charge is 2.26. The van der Waals surface area contributed by atoms with E-state index in [-0.39, 0.29) is 0 Å². The van der Waals surface area contributed by atoms with E-state index in [4.69, 9.17) is 19.4 Å². The van der Waals surface area contributed by atoms with Gasteiger partial charge in [-0.25, -0.2) is 4.98 Å². The van der Waals surface area contributed by atoms with Gasteiger partial charge >= 0.3 is 0 Å². The Bertz CT molecular complexity index is 3840. The Morgan fingerprint density at radius 2 is 0.918 bits per heavy atom. The first-order valence-corrected chi connectivity index (χ1v) is 20.5. The lowest BCUT2D eigenvalue weighted by Gasteiger charge is -2.16. The van der Waals surface area contributed by atoms with Crippen molar-refractivity contribution in [3.8, 4) is 45.5 Å². The van der Waals surface area contributed by atoms with Gasteiger partial charge in [0, 0.05) is 37.9 Å². The van der Waals surface area contributed by atoms with Gasteiger partial charge in [-0.05, 0) is 76.5 Å². The van der Waals surface area contributed by atoms with E-state index in [1.54, 1.807) is 0 Å². The highest BCUT2D eigenvalue weighted by molar-refractivity contribution is 6.16. The summed E-state index contributed by atoms with van der Waals surface area (Å²) in [6.07, 6.45) is 0. The van der Waals surface area contributed by atoms with Crippen molar-refractivity contribution in [1.29, 1.82) is 0 Å². The Balaban J connectivity index is 1.18. The Kier molecular flexibility index (Phi) is 7.21. The molecule has 0 radical (unpaired) electrons. The maximum absolute atomic E-state index is 6.94. The molecule has 0 fully saturated rings. The quantitative estimate of drug-likeness (QED) is 0.175. The SMILES string of the molecule is c1ccc(-c2cccc(-c3nc(-c4c(-n5c6ccccc6c6cc7ccccc7cc65)ccc5c4oc4ccccc45)nc(-n4c5ccccc5c5ccccc54)n3)c2)cc1. The summed E-state index contributed by atoms with van der Waals surface area (Å²) in [6.45, 7) is 0. The average Bonchev–Trinajstić information content (AvgIpc) is 3.98. The maximum atomic E-state index is 6.94. The van der Waals surface area contributed by atoms with Crippen LogP contribution in [0.25, 0.3) is 122 Å². The number of hydrogen-bond acceptors (Lipinski definition) is 4. The van der Waals surface area contributed by atoms with E-state index < -0.39 is 0 Å². The molecule has 61 heavy (non-hydrogen) atoms. The van der Waals surface area contributed by atoms with Crippen LogP contribution < -0.4 is 0 Å². The number of benzene rings is 9. The van der Waals surface area contributed by atoms with Crippen molar-refractivity contribution in [2.75, 3.05) is 0 Å². The molecular weight excluding hydrogens is 747 g/mol. The summed E-state index contributed by atoms with van der Waals surface area (Å²) in [5.41, 5.74) is 10.5. The summed E-state index contributed by atoms with van der Waals surface area (Å²) in [5, 5.41) is 8.98. The second kappa shape index (κ2) is 13.1. The normalized spacial score (nSPS) is 11.9. The molecule has 13 rings (SSSR count). The molecule has 6 heteroatoms. The topological polar surface area (TPSA) is 61.7 Å². The molecule has 0 saturated carbocycles. The molecule has 0 amide bonds. The van der Waals surface area contributed by atoms with Crippen molar-refractivity contribution in [1.82, 2.24) is 24.1 Å². The molecule has 0 unspecified atom stereocenters. The van der Waals surface area contributed by atoms with Crippen molar-refractivity contribution in [3.05, 3.63) is 200 Å². The van der Waals surface area contributed by atoms with E-state index in [1.807, 2.05) is 18.2 Å². The zero-order valence-corrected chi connectivity index (χ0v) is 32.7. The molecule has 6 nitrogen and oxygen atoms in total. The molecule has 0 atom stereocenters. The number of nitrogens with zero attached hydrogens (tertiary/aromatic N) is 5. The summed E-state index contributed by atoms with van der Waals surface area (Å²) in [5.74, 6) is 1.60. The molecule has 0 aliphatic carbocycles. The Hall–Kier alpha value is -8.35. The summed E-state index contributed by atoms with van der Waals surface area (Å²) in [6, 6.07) is 70.3. The lowest BCUT2D eigenvalue weighted by Crippen LogP contribution is -2.08. The zero-order chi connectivity index (χ0) is 40.0. The Morgan fingerprint density at radius 3 is 1.67 bits per heavy atom. The predicted molar refractivity (Wildman–Crippen MR) is 250 cm³/mol. The standard InChI is InChI=1S/C55H33N5O/c1-2-15-34(16-3-1)35-19-14-20-38(31-35)53-56-54(58-55(57-53)60-46-26-11-6-21-39(46)40-22-7-12-27-47(40)60)51-48(30-29-43-42-24-9-13-28-50(42)61-52(43)51)59-45-25-10-8-23-41(45)44-32-36-17-4-5-18-37(36)33-49(44)59/h1-33H. The highest BCUT2D eigenvalue weighted by Crippen LogP contribution is 2.43. The van der Waals surface area contributed by atoms with Gasteiger partial charge in [-0.1, -0.05) is 146 Å². The lowest BCUT2D eigenvalue weighted by molar-refractivity contribution is 0.669. The molecule has 0 aliphatic rings. The molecule has 0 N–H and O–H groups in total. The first-order chi connectivity index (χ1) is 30.2. The fourth-order valence-corrected chi connectivity index (χ4v) is 9.41. The summed E-state index contributed by atoms with van der Waals surface area (Å²) in [4.78, 5) is 16.4. The largest absolute Gasteiger partial charge is 0.455 e. The van der Waals surface area contributed by atoms with Crippen molar-refractivity contribution in [2.24, 2.45) is 0 Å². The van der Waals surface area contributed by atoms with Gasteiger partial charge in [0.15, 0.2) is 11.6 Å². The first kappa shape index (κ1) is 33.6. The average molecular weight is 780 g/mol. The molecule has 0 bridgehead atoms. The number of rotatable bonds is 5. The minimum absolute atomic E-state index is 0.512. The summed E-state index contributed by atoms with van der Waals surface area (Å²) in [7, 11) is 0. The minimum Gasteiger partial charge on any atom is -0.455 e. The van der Waals surface area contributed by atoms with E-state index >= 15 is 0 Å². The van der Waals surface area contributed by atoms with Gasteiger partial charge in [0.1, 0.15) is 11.2 Å². The summed E-state index contributed by atoms with van der Waals surface area (Å²) < 4.78 is 11.5. The second-order valence-corrected chi connectivity index (χ2v) is 15.6. The number of para-hydroxylation sites is 4. The highest BCUT2D eigenvalue weighted by atomic mass is 16.3. The predicted octanol–water partition coefficient (Wildman–Crippen LogP) is 14.1. The van der Waals surface area contributed by atoms with E-state index in [0.29, 0.717) is 23.2 Å². The number of furan rings is 1. The van der Waals surface area contributed by atoms with Crippen LogP contribution in [0.4, 0.5) is 0 Å². The maximum Gasteiger partial charge on any atom is 0.238 e. The van der Waals surface area contributed by atoms with Gasteiger partial charge in [-0.15, -0.1) is 0 Å². The van der Waals surface area contributed by atoms with Crippen LogP contribution in [0.15, 0.2) is 205 Å². The van der Waals surface area contributed by atoms with Gasteiger partial charge in [-0.2, -0.15) is 9.97 Å². The van der Waals surface area contributed by atoms with Crippen molar-refractivity contribution in [3.63, 3.8) is 0 Å². The second-order valence-electron chi connectivity index (χ2n) is 15.6. The lowest BCUT2D eigenvalue weighted by atomic mass is 10.0. The molecule has 0 aliphatic heterocycles. The number of hydrogen-bond donors (Lipinski definition) is 0. The smallest absolute Gasteiger partial charge is 0.238 e. The van der Waals surface area contributed by atoms with Gasteiger partial charge in [0.05, 0.1) is 33.3 Å². The van der Waals surface area contributed by atoms with Crippen molar-refractivity contribution >= 4 is 76.3 Å². The first-order valence-electron chi connectivity index (χ1n) is 20.5. The van der Waals surface area contributed by atoms with E-state index in [2.05, 4.69) is 191 Å². The third kappa shape index (κ3) is 5.12. The van der Waals surface area contributed by atoms with Crippen LogP contribution in [-0.2, 0) is 0 Å². The fourth-order valence-electron chi connectivity index (χ4n) is 9.41. The van der Waals surface area contributed by atoms with Crippen LogP contribution in [0.3, 0.4) is 0 Å². The van der Waals surface area contributed by atoms with E-state index in [0.717, 1.165) is 77.1 Å². The van der Waals surface area contributed by atoms with E-state index in [9.17, 15) is 0 Å². The van der Waals surface area contributed by atoms with Crippen molar-refractivity contribution in [2.45, 2.75) is 0 Å². The molecule has 13 aromatic rings. The van der Waals surface area contributed by atoms with Gasteiger partial charge in [0.2, 0.25) is 5.95 Å². The molecule has 0 saturated heterocycles. The van der Waals surface area contributed by atoms with Crippen LogP contribution in [0.5, 0.6) is 0 Å². The van der Waals surface area contributed by atoms with Crippen LogP contribution in [0, 0.1) is 0 Å². The van der Waals surface area contributed by atoms with E-state index in [1.165, 1.54) is 21.5 Å². The minimum atomic E-state index is 0.512. The van der Waals surface area contributed by atoms with Crippen LogP contribution in [0.2, 0.25) is 0 Å². The molecule has 4 aromatic heterocycles. The van der Waals surface area contributed by atoms with Crippen LogP contribution in [0.1, 0.15) is 0 Å². The van der Waals surface area contributed by atoms with Gasteiger partial charge < -0.3 is 8.98 Å². The number of aromatic nitrogens is 5. The third-order valence-corrected chi connectivity index (χ3v) is 12.2. The third-order valence-electron chi connectivity index (χ3n) is 12.2. The molecule has 0 spiro atoms. The summed E-state index contributed by atoms with van der Waals surface area (Å²) >= 11 is 0. The van der Waals surface area contributed by atoms with Crippen LogP contribution >= 0.6 is 0 Å². The monoisotopic (exact) mass is 779 g/mol. The van der Waals surface area contributed by atoms with Crippen molar-refractivity contribution < 1.29 is 4.42 Å². The van der Waals surface area contributed by atoms with Crippen LogP contribution in [-0.4, -0.2) is 24.1 Å². The zero-order valence-electron chi connectivity index (χ0n) is 32.7. The van der Waals surface area contributed by atoms with Gasteiger partial charge in [-0.3, -0.25) is 4.57 Å². The Morgan fingerprint density at radius 1 is 0.344 bits per heavy atom. The van der Waals surface area contributed by atoms with Gasteiger partial charge in [0.25, 0.3) is 0 Å². The number of fused-ring (bicyclic) bond motifs is 10. The Labute approximate surface area is 349 Å². The molecule has 4 heterocycles. The fraction of sp³-hybridized carbons (Fsp3) is 0. The molecular formula is C55H33N5O. The molecule has 284 valence electrons.